The second-order valence-corrected chi connectivity index (χ2v) is 8.42. The van der Waals surface area contributed by atoms with Crippen LogP contribution in [0.2, 0.25) is 0 Å². The molecule has 1 amide bonds. The molecule has 0 radical (unpaired) electrons. The first-order valence-electron chi connectivity index (χ1n) is 8.61. The number of carbonyl (C=O) groups is 1. The Morgan fingerprint density at radius 3 is 2.38 bits per heavy atom. The molecule has 3 rings (SSSR count). The van der Waals surface area contributed by atoms with Crippen LogP contribution in [0.3, 0.4) is 0 Å². The maximum atomic E-state index is 12.8. The smallest absolute Gasteiger partial charge is 0.254 e. The van der Waals surface area contributed by atoms with Crippen LogP contribution in [0.1, 0.15) is 35.2 Å². The summed E-state index contributed by atoms with van der Waals surface area (Å²) in [6.45, 7) is 5.84. The molecule has 1 aromatic rings. The van der Waals surface area contributed by atoms with Gasteiger partial charge >= 0.3 is 0 Å². The number of hydrogen-bond acceptors (Lipinski definition) is 4. The number of rotatable bonds is 3. The van der Waals surface area contributed by atoms with Gasteiger partial charge in [0.05, 0.1) is 4.90 Å². The van der Waals surface area contributed by atoms with E-state index in [4.69, 9.17) is 0 Å². The summed E-state index contributed by atoms with van der Waals surface area (Å²) in [5, 5.41) is 3.22. The van der Waals surface area contributed by atoms with Gasteiger partial charge in [-0.25, -0.2) is 8.42 Å². The van der Waals surface area contributed by atoms with Crippen LogP contribution in [-0.2, 0) is 10.0 Å². The van der Waals surface area contributed by atoms with Crippen molar-refractivity contribution < 1.29 is 13.2 Å². The fraction of sp³-hybridized carbons (Fsp3) is 0.588. The zero-order valence-electron chi connectivity index (χ0n) is 14.1. The molecule has 2 fully saturated rings. The summed E-state index contributed by atoms with van der Waals surface area (Å²) in [6, 6.07) is 4.92. The normalized spacial score (nSPS) is 20.1. The second kappa shape index (κ2) is 7.21. The predicted molar refractivity (Wildman–Crippen MR) is 92.6 cm³/mol. The minimum Gasteiger partial charge on any atom is -0.336 e. The Morgan fingerprint density at radius 2 is 1.71 bits per heavy atom. The van der Waals surface area contributed by atoms with E-state index in [1.807, 2.05) is 6.92 Å². The maximum absolute atomic E-state index is 12.8. The van der Waals surface area contributed by atoms with Gasteiger partial charge in [0, 0.05) is 44.8 Å². The lowest BCUT2D eigenvalue weighted by atomic mass is 10.1. The molecule has 6 nitrogen and oxygen atoms in total. The molecule has 24 heavy (non-hydrogen) atoms. The molecule has 2 aliphatic heterocycles. The Bertz CT molecular complexity index is 706. The Labute approximate surface area is 143 Å². The van der Waals surface area contributed by atoms with E-state index in [1.165, 1.54) is 0 Å². The van der Waals surface area contributed by atoms with Crippen LogP contribution in [0, 0.1) is 6.92 Å². The van der Waals surface area contributed by atoms with E-state index < -0.39 is 10.0 Å². The summed E-state index contributed by atoms with van der Waals surface area (Å²) >= 11 is 0. The summed E-state index contributed by atoms with van der Waals surface area (Å²) < 4.78 is 27.2. The highest BCUT2D eigenvalue weighted by molar-refractivity contribution is 7.89. The molecule has 1 N–H and O–H groups in total. The number of nitrogens with zero attached hydrogens (tertiary/aromatic N) is 2. The van der Waals surface area contributed by atoms with E-state index in [2.05, 4.69) is 5.32 Å². The van der Waals surface area contributed by atoms with Crippen LogP contribution in [-0.4, -0.2) is 62.8 Å². The molecular weight excluding hydrogens is 326 g/mol. The number of piperidine rings is 1. The molecule has 2 heterocycles. The lowest BCUT2D eigenvalue weighted by Gasteiger charge is -2.29. The molecule has 0 unspecified atom stereocenters. The molecular formula is C17H25N3O3S. The molecule has 0 atom stereocenters. The van der Waals surface area contributed by atoms with Gasteiger partial charge < -0.3 is 10.2 Å². The predicted octanol–water partition coefficient (Wildman–Crippen LogP) is 1.22. The summed E-state index contributed by atoms with van der Waals surface area (Å²) in [5.41, 5.74) is 1.31. The number of nitrogens with one attached hydrogen (secondary N) is 1. The van der Waals surface area contributed by atoms with Gasteiger partial charge in [-0.2, -0.15) is 4.31 Å². The minimum absolute atomic E-state index is 0.0790. The number of carbonyl (C=O) groups excluding carboxylic acids is 1. The number of piperazine rings is 1. The van der Waals surface area contributed by atoms with E-state index in [0.717, 1.165) is 37.9 Å². The average Bonchev–Trinajstić information content (AvgIpc) is 2.63. The van der Waals surface area contributed by atoms with Crippen molar-refractivity contribution in [3.8, 4) is 0 Å². The van der Waals surface area contributed by atoms with Crippen molar-refractivity contribution in [2.45, 2.75) is 31.1 Å². The van der Waals surface area contributed by atoms with Crippen LogP contribution in [0.25, 0.3) is 0 Å². The first-order chi connectivity index (χ1) is 11.5. The van der Waals surface area contributed by atoms with Gasteiger partial charge in [-0.05, 0) is 37.5 Å². The van der Waals surface area contributed by atoms with Crippen molar-refractivity contribution in [2.24, 2.45) is 0 Å². The lowest BCUT2D eigenvalue weighted by molar-refractivity contribution is 0.0735. The number of amides is 1. The Balaban J connectivity index is 1.89. The highest BCUT2D eigenvalue weighted by Crippen LogP contribution is 2.23. The number of benzene rings is 1. The molecule has 0 saturated carbocycles. The highest BCUT2D eigenvalue weighted by atomic mass is 32.2. The zero-order valence-corrected chi connectivity index (χ0v) is 14.9. The molecule has 0 spiro atoms. The SMILES string of the molecule is Cc1ccc(S(=O)(=O)N2CCCCC2)cc1C(=O)N1CCNCC1. The molecule has 1 aromatic carbocycles. The number of hydrogen-bond donors (Lipinski definition) is 1. The average molecular weight is 351 g/mol. The first-order valence-corrected chi connectivity index (χ1v) is 10.0. The van der Waals surface area contributed by atoms with Gasteiger partial charge in [0.2, 0.25) is 10.0 Å². The summed E-state index contributed by atoms with van der Waals surface area (Å²) in [4.78, 5) is 14.8. The number of aryl methyl sites for hydroxylation is 1. The first kappa shape index (κ1) is 17.4. The Morgan fingerprint density at radius 1 is 1.04 bits per heavy atom. The third-order valence-electron chi connectivity index (χ3n) is 4.80. The Hall–Kier alpha value is -1.44. The van der Waals surface area contributed by atoms with Crippen molar-refractivity contribution >= 4 is 15.9 Å². The molecule has 7 heteroatoms. The molecule has 2 aliphatic rings. The fourth-order valence-electron chi connectivity index (χ4n) is 3.28. The van der Waals surface area contributed by atoms with Gasteiger partial charge in [0.1, 0.15) is 0 Å². The highest BCUT2D eigenvalue weighted by Gasteiger charge is 2.28. The largest absolute Gasteiger partial charge is 0.336 e. The van der Waals surface area contributed by atoms with Crippen molar-refractivity contribution in [2.75, 3.05) is 39.3 Å². The summed E-state index contributed by atoms with van der Waals surface area (Å²) in [7, 11) is -3.52. The zero-order chi connectivity index (χ0) is 17.2. The maximum Gasteiger partial charge on any atom is 0.254 e. The van der Waals surface area contributed by atoms with Crippen molar-refractivity contribution in [3.63, 3.8) is 0 Å². The molecule has 132 valence electrons. The standard InChI is InChI=1S/C17H25N3O3S/c1-14-5-6-15(24(22,23)20-9-3-2-4-10-20)13-16(14)17(21)19-11-7-18-8-12-19/h5-6,13,18H,2-4,7-12H2,1H3. The van der Waals surface area contributed by atoms with Gasteiger partial charge in [0.15, 0.2) is 0 Å². The minimum atomic E-state index is -3.52. The van der Waals surface area contributed by atoms with Crippen molar-refractivity contribution in [1.82, 2.24) is 14.5 Å². The van der Waals surface area contributed by atoms with Crippen LogP contribution in [0.4, 0.5) is 0 Å². The van der Waals surface area contributed by atoms with Gasteiger partial charge in [0.25, 0.3) is 5.91 Å². The Kier molecular flexibility index (Phi) is 5.22. The lowest BCUT2D eigenvalue weighted by Crippen LogP contribution is -2.46. The third-order valence-corrected chi connectivity index (χ3v) is 6.69. The van der Waals surface area contributed by atoms with Gasteiger partial charge in [-0.15, -0.1) is 0 Å². The van der Waals surface area contributed by atoms with Crippen LogP contribution in [0.15, 0.2) is 23.1 Å². The van der Waals surface area contributed by atoms with E-state index in [1.54, 1.807) is 27.4 Å². The van der Waals surface area contributed by atoms with E-state index in [9.17, 15) is 13.2 Å². The van der Waals surface area contributed by atoms with E-state index in [-0.39, 0.29) is 10.8 Å². The molecule has 0 bridgehead atoms. The third kappa shape index (κ3) is 3.48. The van der Waals surface area contributed by atoms with Crippen LogP contribution < -0.4 is 5.32 Å². The van der Waals surface area contributed by atoms with Crippen molar-refractivity contribution in [3.05, 3.63) is 29.3 Å². The molecule has 2 saturated heterocycles. The van der Waals surface area contributed by atoms with Gasteiger partial charge in [-0.3, -0.25) is 4.79 Å². The number of sulfonamides is 1. The topological polar surface area (TPSA) is 69.7 Å². The molecule has 0 aliphatic carbocycles. The summed E-state index contributed by atoms with van der Waals surface area (Å²) in [5.74, 6) is -0.0790. The second-order valence-electron chi connectivity index (χ2n) is 6.48. The summed E-state index contributed by atoms with van der Waals surface area (Å²) in [6.07, 6.45) is 2.88. The fourth-order valence-corrected chi connectivity index (χ4v) is 4.83. The van der Waals surface area contributed by atoms with Crippen LogP contribution in [0.5, 0.6) is 0 Å². The van der Waals surface area contributed by atoms with Gasteiger partial charge in [-0.1, -0.05) is 12.5 Å². The van der Waals surface area contributed by atoms with Crippen molar-refractivity contribution in [1.29, 1.82) is 0 Å². The van der Waals surface area contributed by atoms with E-state index >= 15 is 0 Å². The monoisotopic (exact) mass is 351 g/mol. The quantitative estimate of drug-likeness (QED) is 0.889. The molecule has 0 aromatic heterocycles. The van der Waals surface area contributed by atoms with Crippen LogP contribution >= 0.6 is 0 Å². The van der Waals surface area contributed by atoms with E-state index in [0.29, 0.717) is 31.7 Å².